The molecule has 0 saturated heterocycles. The van der Waals surface area contributed by atoms with E-state index in [1.54, 1.807) is 27.0 Å². The number of carbonyl (C=O) groups is 3. The Morgan fingerprint density at radius 2 is 1.76 bits per heavy atom. The van der Waals surface area contributed by atoms with E-state index in [1.165, 1.54) is 6.42 Å². The number of nitrogens with one attached hydrogen (secondary N) is 3. The Labute approximate surface area is 253 Å². The largest absolute Gasteiger partial charge is 0.444 e. The number of aliphatic hydroxyl groups is 1. The smallest absolute Gasteiger partial charge is 0.407 e. The molecule has 42 heavy (non-hydrogen) atoms. The molecule has 1 aromatic rings. The number of rotatable bonds is 15. The van der Waals surface area contributed by atoms with Crippen molar-refractivity contribution in [3.8, 4) is 0 Å². The van der Waals surface area contributed by atoms with Crippen molar-refractivity contribution in [2.75, 3.05) is 6.54 Å². The van der Waals surface area contributed by atoms with Crippen LogP contribution in [0, 0.1) is 23.7 Å². The molecule has 238 valence electrons. The molecule has 0 aromatic carbocycles. The van der Waals surface area contributed by atoms with Crippen LogP contribution in [0.1, 0.15) is 106 Å². The summed E-state index contributed by atoms with van der Waals surface area (Å²) in [6, 6.07) is 4.66. The van der Waals surface area contributed by atoms with Crippen molar-refractivity contribution in [2.24, 2.45) is 23.7 Å². The summed E-state index contributed by atoms with van der Waals surface area (Å²) >= 11 is 0. The third-order valence-electron chi connectivity index (χ3n) is 8.33. The molecule has 1 aromatic heterocycles. The molecule has 2 rings (SSSR count). The molecule has 0 bridgehead atoms. The third kappa shape index (κ3) is 12.8. The van der Waals surface area contributed by atoms with Crippen molar-refractivity contribution in [1.82, 2.24) is 20.9 Å². The second-order valence-corrected chi connectivity index (χ2v) is 13.4. The third-order valence-corrected chi connectivity index (χ3v) is 8.33. The molecule has 4 N–H and O–H groups in total. The fraction of sp³-hybridized carbons (Fsp3) is 0.758. The summed E-state index contributed by atoms with van der Waals surface area (Å²) < 4.78 is 5.48. The predicted molar refractivity (Wildman–Crippen MR) is 166 cm³/mol. The maximum absolute atomic E-state index is 13.5. The Morgan fingerprint density at radius 1 is 1.07 bits per heavy atom. The zero-order chi connectivity index (χ0) is 31.3. The number of amides is 3. The zero-order valence-corrected chi connectivity index (χ0v) is 26.9. The van der Waals surface area contributed by atoms with Gasteiger partial charge in [0.05, 0.1) is 18.2 Å². The molecule has 1 aliphatic carbocycles. The molecular weight excluding hydrogens is 532 g/mol. The molecular formula is C33H56N4O5. The predicted octanol–water partition coefficient (Wildman–Crippen LogP) is 5.16. The molecule has 5 atom stereocenters. The number of ether oxygens (including phenoxy) is 1. The lowest BCUT2D eigenvalue weighted by atomic mass is 9.81. The first-order valence-corrected chi connectivity index (χ1v) is 16.0. The molecule has 3 amide bonds. The number of carbonyl (C=O) groups excluding carboxylic acids is 3. The summed E-state index contributed by atoms with van der Waals surface area (Å²) in [6.07, 6.45) is 8.03. The molecule has 0 aliphatic heterocycles. The lowest BCUT2D eigenvalue weighted by molar-refractivity contribution is -0.136. The number of imide groups is 1. The average molecular weight is 589 g/mol. The normalized spacial score (nSPS) is 18.0. The van der Waals surface area contributed by atoms with Crippen LogP contribution in [0.4, 0.5) is 4.79 Å². The fourth-order valence-electron chi connectivity index (χ4n) is 5.64. The zero-order valence-electron chi connectivity index (χ0n) is 26.9. The van der Waals surface area contributed by atoms with Gasteiger partial charge in [0.25, 0.3) is 0 Å². The Morgan fingerprint density at radius 3 is 2.33 bits per heavy atom. The first-order valence-electron chi connectivity index (χ1n) is 16.0. The summed E-state index contributed by atoms with van der Waals surface area (Å²) in [4.78, 5) is 43.8. The van der Waals surface area contributed by atoms with Crippen LogP contribution in [0.5, 0.6) is 0 Å². The second kappa shape index (κ2) is 17.6. The first-order chi connectivity index (χ1) is 19.8. The van der Waals surface area contributed by atoms with Gasteiger partial charge in [-0.05, 0) is 63.5 Å². The number of aliphatic hydroxyl groups excluding tert-OH is 1. The maximum Gasteiger partial charge on any atom is 0.407 e. The van der Waals surface area contributed by atoms with Crippen LogP contribution < -0.4 is 16.0 Å². The van der Waals surface area contributed by atoms with Crippen LogP contribution in [0.2, 0.25) is 0 Å². The molecule has 1 fully saturated rings. The molecule has 9 heteroatoms. The van der Waals surface area contributed by atoms with Crippen LogP contribution in [-0.2, 0) is 20.7 Å². The van der Waals surface area contributed by atoms with E-state index < -0.39 is 41.7 Å². The van der Waals surface area contributed by atoms with Crippen molar-refractivity contribution < 1.29 is 24.2 Å². The minimum atomic E-state index is -0.963. The number of alkyl carbamates (subject to hydrolysis) is 1. The SMILES string of the molecule is CC[C@H](C)[C@H](NCCc1ccccn1)C(=O)NC(=O)[C@@H](C[C@H](O)[C@H](CC1CCCCC1)NC(=O)OC(C)(C)C)C(C)C. The van der Waals surface area contributed by atoms with Gasteiger partial charge in [-0.3, -0.25) is 19.9 Å². The molecule has 0 spiro atoms. The van der Waals surface area contributed by atoms with Gasteiger partial charge in [-0.25, -0.2) is 4.79 Å². The van der Waals surface area contributed by atoms with E-state index in [9.17, 15) is 19.5 Å². The molecule has 0 unspecified atom stereocenters. The van der Waals surface area contributed by atoms with Crippen molar-refractivity contribution in [3.05, 3.63) is 30.1 Å². The van der Waals surface area contributed by atoms with Crippen molar-refractivity contribution in [1.29, 1.82) is 0 Å². The van der Waals surface area contributed by atoms with Crippen molar-refractivity contribution >= 4 is 17.9 Å². The Kier molecular flexibility index (Phi) is 14.9. The van der Waals surface area contributed by atoms with E-state index in [0.29, 0.717) is 25.3 Å². The van der Waals surface area contributed by atoms with E-state index in [2.05, 4.69) is 20.9 Å². The highest BCUT2D eigenvalue weighted by Gasteiger charge is 2.34. The number of hydrogen-bond donors (Lipinski definition) is 4. The highest BCUT2D eigenvalue weighted by Crippen LogP contribution is 2.30. The summed E-state index contributed by atoms with van der Waals surface area (Å²) in [5.74, 6) is -1.08. The molecule has 1 aliphatic rings. The quantitative estimate of drug-likeness (QED) is 0.223. The summed E-state index contributed by atoms with van der Waals surface area (Å²) in [6.45, 7) is 13.8. The summed E-state index contributed by atoms with van der Waals surface area (Å²) in [7, 11) is 0. The van der Waals surface area contributed by atoms with Crippen LogP contribution in [0.15, 0.2) is 24.4 Å². The van der Waals surface area contributed by atoms with Crippen molar-refractivity contribution in [2.45, 2.75) is 130 Å². The van der Waals surface area contributed by atoms with Crippen LogP contribution >= 0.6 is 0 Å². The van der Waals surface area contributed by atoms with E-state index >= 15 is 0 Å². The maximum atomic E-state index is 13.5. The van der Waals surface area contributed by atoms with Gasteiger partial charge in [0.15, 0.2) is 0 Å². The summed E-state index contributed by atoms with van der Waals surface area (Å²) in [5.41, 5.74) is 0.268. The lowest BCUT2D eigenvalue weighted by Crippen LogP contribution is -2.52. The number of pyridine rings is 1. The number of aromatic nitrogens is 1. The van der Waals surface area contributed by atoms with Crippen LogP contribution in [0.3, 0.4) is 0 Å². The van der Waals surface area contributed by atoms with Gasteiger partial charge in [0.1, 0.15) is 5.60 Å². The number of hydrogen-bond acceptors (Lipinski definition) is 7. The molecule has 1 heterocycles. The van der Waals surface area contributed by atoms with Gasteiger partial charge in [-0.2, -0.15) is 0 Å². The first kappa shape index (κ1) is 35.7. The number of nitrogens with zero attached hydrogens (tertiary/aromatic N) is 1. The van der Waals surface area contributed by atoms with Crippen LogP contribution in [-0.4, -0.2) is 58.3 Å². The lowest BCUT2D eigenvalue weighted by Gasteiger charge is -2.33. The standard InChI is InChI=1S/C33H56N4O5/c1-8-23(4)29(35-19-17-25-16-12-13-18-34-25)31(40)37-30(39)26(22(2)3)21-28(38)27(20-24-14-10-9-11-15-24)36-32(41)42-33(5,6)7/h12-13,16,18,22-24,26-29,35,38H,8-11,14-15,17,19-21H2,1-7H3,(H,36,41)(H,37,39,40)/t23-,26-,27-,28-,29-/m0/s1. The van der Waals surface area contributed by atoms with Crippen molar-refractivity contribution in [3.63, 3.8) is 0 Å². The van der Waals surface area contributed by atoms with Gasteiger partial charge in [0, 0.05) is 30.8 Å². The Bertz CT molecular complexity index is 959. The molecule has 0 radical (unpaired) electrons. The average Bonchev–Trinajstić information content (AvgIpc) is 2.93. The van der Waals surface area contributed by atoms with E-state index in [1.807, 2.05) is 45.9 Å². The minimum absolute atomic E-state index is 0.0162. The minimum Gasteiger partial charge on any atom is -0.444 e. The van der Waals surface area contributed by atoms with Gasteiger partial charge >= 0.3 is 6.09 Å². The fourth-order valence-corrected chi connectivity index (χ4v) is 5.64. The Hall–Kier alpha value is -2.52. The van der Waals surface area contributed by atoms with Gasteiger partial charge in [-0.1, -0.05) is 72.3 Å². The second-order valence-electron chi connectivity index (χ2n) is 13.4. The highest BCUT2D eigenvalue weighted by atomic mass is 16.6. The highest BCUT2D eigenvalue weighted by molar-refractivity contribution is 5.98. The van der Waals surface area contributed by atoms with E-state index in [4.69, 9.17) is 4.74 Å². The molecule has 1 saturated carbocycles. The topological polar surface area (TPSA) is 130 Å². The van der Waals surface area contributed by atoms with Gasteiger partial charge in [-0.15, -0.1) is 0 Å². The van der Waals surface area contributed by atoms with Gasteiger partial charge < -0.3 is 20.5 Å². The Balaban J connectivity index is 2.08. The van der Waals surface area contributed by atoms with Gasteiger partial charge in [0.2, 0.25) is 11.8 Å². The van der Waals surface area contributed by atoms with Crippen LogP contribution in [0.25, 0.3) is 0 Å². The monoisotopic (exact) mass is 588 g/mol. The van der Waals surface area contributed by atoms with E-state index in [-0.39, 0.29) is 24.2 Å². The summed E-state index contributed by atoms with van der Waals surface area (Å²) in [5, 5.41) is 20.3. The molecule has 9 nitrogen and oxygen atoms in total. The van der Waals surface area contributed by atoms with E-state index in [0.717, 1.165) is 37.8 Å².